The van der Waals surface area contributed by atoms with Crippen LogP contribution in [0.25, 0.3) is 10.6 Å². The summed E-state index contributed by atoms with van der Waals surface area (Å²) in [6.45, 7) is 0. The number of pyridine rings is 1. The maximum atomic E-state index is 10.9. The van der Waals surface area contributed by atoms with Gasteiger partial charge in [-0.25, -0.2) is 4.98 Å². The Morgan fingerprint density at radius 1 is 1.44 bits per heavy atom. The van der Waals surface area contributed by atoms with Gasteiger partial charge in [-0.1, -0.05) is 11.6 Å². The van der Waals surface area contributed by atoms with E-state index in [9.17, 15) is 10.1 Å². The Morgan fingerprint density at radius 3 is 2.75 bits per heavy atom. The second-order valence-electron chi connectivity index (χ2n) is 2.86. The SMILES string of the molecule is O=[N+]([O-])c1ccc(Cl)nc1-c1sccc1Br. The molecule has 2 heterocycles. The molecule has 0 saturated heterocycles. The fourth-order valence-electron chi connectivity index (χ4n) is 1.21. The van der Waals surface area contributed by atoms with Gasteiger partial charge in [-0.05, 0) is 33.4 Å². The van der Waals surface area contributed by atoms with Gasteiger partial charge in [0.1, 0.15) is 5.15 Å². The molecule has 0 aliphatic carbocycles. The van der Waals surface area contributed by atoms with Crippen LogP contribution in [-0.2, 0) is 0 Å². The van der Waals surface area contributed by atoms with Crippen LogP contribution < -0.4 is 0 Å². The maximum Gasteiger partial charge on any atom is 0.296 e. The molecule has 0 amide bonds. The van der Waals surface area contributed by atoms with E-state index in [2.05, 4.69) is 20.9 Å². The molecule has 0 saturated carbocycles. The van der Waals surface area contributed by atoms with Gasteiger partial charge >= 0.3 is 0 Å². The van der Waals surface area contributed by atoms with Crippen molar-refractivity contribution in [2.24, 2.45) is 0 Å². The third kappa shape index (κ3) is 2.09. The Hall–Kier alpha value is -0.980. The van der Waals surface area contributed by atoms with E-state index >= 15 is 0 Å². The third-order valence-electron chi connectivity index (χ3n) is 1.87. The Bertz CT molecular complexity index is 558. The van der Waals surface area contributed by atoms with Crippen molar-refractivity contribution in [1.82, 2.24) is 4.98 Å². The molecule has 0 fully saturated rings. The number of rotatable bonds is 2. The van der Waals surface area contributed by atoms with Crippen LogP contribution in [0.2, 0.25) is 5.15 Å². The van der Waals surface area contributed by atoms with Gasteiger partial charge in [0, 0.05) is 10.5 Å². The second kappa shape index (κ2) is 4.48. The van der Waals surface area contributed by atoms with E-state index in [0.717, 1.165) is 4.47 Å². The molecular formula is C9H4BrClN2O2S. The summed E-state index contributed by atoms with van der Waals surface area (Å²) in [4.78, 5) is 15.1. The van der Waals surface area contributed by atoms with Crippen molar-refractivity contribution in [3.05, 3.63) is 43.3 Å². The summed E-state index contributed by atoms with van der Waals surface area (Å²) in [5.74, 6) is 0. The molecule has 82 valence electrons. The molecule has 0 aliphatic rings. The average Bonchev–Trinajstić information content (AvgIpc) is 2.63. The number of nitrogens with zero attached hydrogens (tertiary/aromatic N) is 2. The van der Waals surface area contributed by atoms with Crippen molar-refractivity contribution < 1.29 is 4.92 Å². The van der Waals surface area contributed by atoms with E-state index in [1.165, 1.54) is 23.5 Å². The Labute approximate surface area is 108 Å². The minimum Gasteiger partial charge on any atom is -0.258 e. The quantitative estimate of drug-likeness (QED) is 0.475. The molecular weight excluding hydrogens is 316 g/mol. The lowest BCUT2D eigenvalue weighted by molar-refractivity contribution is -0.384. The molecule has 7 heteroatoms. The van der Waals surface area contributed by atoms with Gasteiger partial charge in [0.15, 0.2) is 5.69 Å². The Kier molecular flexibility index (Phi) is 3.22. The zero-order valence-corrected chi connectivity index (χ0v) is 10.8. The molecule has 2 aromatic rings. The lowest BCUT2D eigenvalue weighted by Gasteiger charge is -2.00. The molecule has 0 N–H and O–H groups in total. The van der Waals surface area contributed by atoms with Crippen molar-refractivity contribution in [2.45, 2.75) is 0 Å². The van der Waals surface area contributed by atoms with Crippen LogP contribution in [0.15, 0.2) is 28.1 Å². The number of nitro groups is 1. The highest BCUT2D eigenvalue weighted by Crippen LogP contribution is 2.37. The molecule has 0 unspecified atom stereocenters. The van der Waals surface area contributed by atoms with E-state index in [0.29, 0.717) is 10.6 Å². The molecule has 2 rings (SSSR count). The maximum absolute atomic E-state index is 10.9. The summed E-state index contributed by atoms with van der Waals surface area (Å²) in [5, 5.41) is 12.9. The van der Waals surface area contributed by atoms with Crippen molar-refractivity contribution in [1.29, 1.82) is 0 Å². The van der Waals surface area contributed by atoms with Crippen LogP contribution in [0.5, 0.6) is 0 Å². The fraction of sp³-hybridized carbons (Fsp3) is 0. The number of hydrogen-bond acceptors (Lipinski definition) is 4. The van der Waals surface area contributed by atoms with Crippen molar-refractivity contribution in [2.75, 3.05) is 0 Å². The van der Waals surface area contributed by atoms with Gasteiger partial charge < -0.3 is 0 Å². The summed E-state index contributed by atoms with van der Waals surface area (Å²) in [5.41, 5.74) is 0.243. The monoisotopic (exact) mass is 318 g/mol. The van der Waals surface area contributed by atoms with E-state index in [1.807, 2.05) is 11.4 Å². The molecule has 2 aromatic heterocycles. The minimum absolute atomic E-state index is 0.0486. The first-order valence-electron chi connectivity index (χ1n) is 4.14. The largest absolute Gasteiger partial charge is 0.296 e. The van der Waals surface area contributed by atoms with Gasteiger partial charge in [0.05, 0.1) is 9.80 Å². The van der Waals surface area contributed by atoms with E-state index < -0.39 is 4.92 Å². The number of hydrogen-bond donors (Lipinski definition) is 0. The van der Waals surface area contributed by atoms with Crippen molar-refractivity contribution >= 4 is 44.6 Å². The molecule has 4 nitrogen and oxygen atoms in total. The van der Waals surface area contributed by atoms with Crippen LogP contribution >= 0.6 is 38.9 Å². The highest BCUT2D eigenvalue weighted by molar-refractivity contribution is 9.10. The highest BCUT2D eigenvalue weighted by Gasteiger charge is 2.20. The van der Waals surface area contributed by atoms with E-state index in [4.69, 9.17) is 11.6 Å². The topological polar surface area (TPSA) is 56.0 Å². The summed E-state index contributed by atoms with van der Waals surface area (Å²) in [6.07, 6.45) is 0. The molecule has 0 aliphatic heterocycles. The zero-order valence-electron chi connectivity index (χ0n) is 7.68. The second-order valence-corrected chi connectivity index (χ2v) is 5.01. The molecule has 0 spiro atoms. The van der Waals surface area contributed by atoms with Crippen LogP contribution in [0.1, 0.15) is 0 Å². The van der Waals surface area contributed by atoms with Crippen LogP contribution in [0, 0.1) is 10.1 Å². The molecule has 16 heavy (non-hydrogen) atoms. The smallest absolute Gasteiger partial charge is 0.258 e. The van der Waals surface area contributed by atoms with Crippen LogP contribution in [0.3, 0.4) is 0 Å². The van der Waals surface area contributed by atoms with Gasteiger partial charge in [0.2, 0.25) is 0 Å². The van der Waals surface area contributed by atoms with Crippen molar-refractivity contribution in [3.63, 3.8) is 0 Å². The van der Waals surface area contributed by atoms with Gasteiger partial charge in [0.25, 0.3) is 5.69 Å². The third-order valence-corrected chi connectivity index (χ3v) is 3.92. The van der Waals surface area contributed by atoms with E-state index in [1.54, 1.807) is 0 Å². The van der Waals surface area contributed by atoms with Crippen LogP contribution in [0.4, 0.5) is 5.69 Å². The molecule has 0 atom stereocenters. The minimum atomic E-state index is -0.467. The summed E-state index contributed by atoms with van der Waals surface area (Å²) in [6, 6.07) is 4.58. The first-order valence-corrected chi connectivity index (χ1v) is 6.19. The lowest BCUT2D eigenvalue weighted by atomic mass is 10.2. The summed E-state index contributed by atoms with van der Waals surface area (Å²) in [7, 11) is 0. The van der Waals surface area contributed by atoms with Crippen molar-refractivity contribution in [3.8, 4) is 10.6 Å². The molecule has 0 radical (unpaired) electrons. The Morgan fingerprint density at radius 2 is 2.19 bits per heavy atom. The predicted octanol–water partition coefficient (Wildman–Crippen LogP) is 4.13. The first-order chi connectivity index (χ1) is 7.59. The normalized spacial score (nSPS) is 10.4. The van der Waals surface area contributed by atoms with Gasteiger partial charge in [-0.3, -0.25) is 10.1 Å². The standard InChI is InChI=1S/C9H4BrClN2O2S/c10-5-3-4-16-9(5)8-6(13(14)15)1-2-7(11)12-8/h1-4H. The summed E-state index contributed by atoms with van der Waals surface area (Å²) >= 11 is 10.4. The lowest BCUT2D eigenvalue weighted by Crippen LogP contribution is -1.94. The fourth-order valence-corrected chi connectivity index (χ4v) is 2.91. The number of halogens is 2. The first kappa shape index (κ1) is 11.5. The van der Waals surface area contributed by atoms with E-state index in [-0.39, 0.29) is 10.8 Å². The van der Waals surface area contributed by atoms with Gasteiger partial charge in [-0.15, -0.1) is 11.3 Å². The Balaban J connectivity index is 2.67. The number of thiophene rings is 1. The average molecular weight is 320 g/mol. The zero-order chi connectivity index (χ0) is 11.7. The highest BCUT2D eigenvalue weighted by atomic mass is 79.9. The predicted molar refractivity (Wildman–Crippen MR) is 66.9 cm³/mol. The molecule has 0 aromatic carbocycles. The number of aromatic nitrogens is 1. The van der Waals surface area contributed by atoms with Gasteiger partial charge in [-0.2, -0.15) is 0 Å². The van der Waals surface area contributed by atoms with Crippen LogP contribution in [-0.4, -0.2) is 9.91 Å². The summed E-state index contributed by atoms with van der Waals surface area (Å²) < 4.78 is 0.773. The molecule has 0 bridgehead atoms.